The smallest absolute Gasteiger partial charge is 1.00 e. The van der Waals surface area contributed by atoms with Gasteiger partial charge in [0.15, 0.2) is 0 Å². The fourth-order valence-electron chi connectivity index (χ4n) is 0.997. The first-order chi connectivity index (χ1) is 7.15. The van der Waals surface area contributed by atoms with E-state index in [0.717, 1.165) is 0 Å². The van der Waals surface area contributed by atoms with E-state index >= 15 is 0 Å². The third-order valence-electron chi connectivity index (χ3n) is 1.72. The molecule has 1 atom stereocenters. The number of ether oxygens (including phenoxy) is 2. The summed E-state index contributed by atoms with van der Waals surface area (Å²) in [7, 11) is 0. The van der Waals surface area contributed by atoms with E-state index < -0.39 is 17.9 Å². The molecular weight excluding hydrogens is 223 g/mol. The van der Waals surface area contributed by atoms with E-state index in [0.29, 0.717) is 12.9 Å². The molecule has 0 aromatic carbocycles. The Morgan fingerprint density at radius 1 is 1.25 bits per heavy atom. The second kappa shape index (κ2) is 11.1. The van der Waals surface area contributed by atoms with E-state index in [9.17, 15) is 14.4 Å². The average molecular weight is 240 g/mol. The second-order valence-corrected chi connectivity index (χ2v) is 2.84. The van der Waals surface area contributed by atoms with Crippen LogP contribution in [-0.2, 0) is 23.9 Å². The van der Waals surface area contributed by atoms with Gasteiger partial charge in [0.25, 0.3) is 0 Å². The van der Waals surface area contributed by atoms with Gasteiger partial charge in [0.05, 0.1) is 13.2 Å². The summed E-state index contributed by atoms with van der Waals surface area (Å²) in [6.07, 6.45) is 0.689. The van der Waals surface area contributed by atoms with Crippen molar-refractivity contribution in [1.29, 1.82) is 0 Å². The van der Waals surface area contributed by atoms with Crippen molar-refractivity contribution in [3.05, 3.63) is 0 Å². The van der Waals surface area contributed by atoms with Crippen molar-refractivity contribution in [2.45, 2.75) is 26.7 Å². The summed E-state index contributed by atoms with van der Waals surface area (Å²) in [5.74, 6) is -1.86. The summed E-state index contributed by atoms with van der Waals surface area (Å²) >= 11 is 0. The van der Waals surface area contributed by atoms with Crippen LogP contribution in [0.25, 0.3) is 0 Å². The summed E-state index contributed by atoms with van der Waals surface area (Å²) < 4.78 is 9.33. The summed E-state index contributed by atoms with van der Waals surface area (Å²) in [6.45, 7) is 3.87. The molecule has 0 rings (SSSR count). The molecule has 0 aliphatic carbocycles. The molecule has 0 aromatic rings. The van der Waals surface area contributed by atoms with Crippen molar-refractivity contribution in [3.63, 3.8) is 0 Å². The zero-order chi connectivity index (χ0) is 11.7. The van der Waals surface area contributed by atoms with Crippen LogP contribution < -0.4 is 29.6 Å². The maximum absolute atomic E-state index is 11.1. The Morgan fingerprint density at radius 2 is 1.81 bits per heavy atom. The molecule has 5 nitrogen and oxygen atoms in total. The van der Waals surface area contributed by atoms with E-state index in [1.807, 2.05) is 0 Å². The Hall–Kier alpha value is -0.390. The molecule has 0 bridgehead atoms. The summed E-state index contributed by atoms with van der Waals surface area (Å²) in [5.41, 5.74) is 0. The van der Waals surface area contributed by atoms with Crippen molar-refractivity contribution in [2.24, 2.45) is 5.92 Å². The zero-order valence-corrected chi connectivity index (χ0v) is 12.0. The van der Waals surface area contributed by atoms with Gasteiger partial charge in [0.2, 0.25) is 0 Å². The monoisotopic (exact) mass is 240 g/mol. The predicted molar refractivity (Wildman–Crippen MR) is 53.2 cm³/mol. The van der Waals surface area contributed by atoms with Crippen LogP contribution in [0.5, 0.6) is 0 Å². The van der Waals surface area contributed by atoms with E-state index in [1.54, 1.807) is 13.8 Å². The molecule has 0 amide bonds. The van der Waals surface area contributed by atoms with Gasteiger partial charge in [-0.3, -0.25) is 9.59 Å². The van der Waals surface area contributed by atoms with Gasteiger partial charge in [-0.25, -0.2) is 0 Å². The molecule has 0 aromatic heterocycles. The molecule has 6 heteroatoms. The molecule has 0 radical (unpaired) electrons. The predicted octanol–water partition coefficient (Wildman–Crippen LogP) is -2.18. The number of esters is 2. The summed E-state index contributed by atoms with van der Waals surface area (Å²) in [4.78, 5) is 32.6. The molecule has 0 saturated heterocycles. The van der Waals surface area contributed by atoms with Crippen molar-refractivity contribution in [2.75, 3.05) is 13.2 Å². The number of carbonyl (C=O) groups excluding carboxylic acids is 3. The maximum Gasteiger partial charge on any atom is 1.00 e. The van der Waals surface area contributed by atoms with Crippen molar-refractivity contribution < 1.29 is 54.8 Å². The van der Waals surface area contributed by atoms with Crippen LogP contribution in [0.3, 0.4) is 0 Å². The molecule has 0 aliphatic rings. The molecule has 0 heterocycles. The van der Waals surface area contributed by atoms with Gasteiger partial charge in [-0.05, 0) is 20.3 Å². The van der Waals surface area contributed by atoms with E-state index in [-0.39, 0.29) is 50.4 Å². The Bertz CT molecular complexity index is 235. The molecular formula is C10H17NaO5. The van der Waals surface area contributed by atoms with E-state index in [1.165, 1.54) is 0 Å². The molecule has 88 valence electrons. The number of aldehydes is 1. The number of hydrogen-bond donors (Lipinski definition) is 0. The first-order valence-corrected chi connectivity index (χ1v) is 4.93. The summed E-state index contributed by atoms with van der Waals surface area (Å²) in [5, 5.41) is 0. The first-order valence-electron chi connectivity index (χ1n) is 4.93. The minimum atomic E-state index is -0.866. The molecule has 0 spiro atoms. The number of hydrogen-bond acceptors (Lipinski definition) is 5. The Kier molecular flexibility index (Phi) is 12.5. The molecule has 0 aliphatic heterocycles. The van der Waals surface area contributed by atoms with Gasteiger partial charge in [0.1, 0.15) is 12.2 Å². The topological polar surface area (TPSA) is 69.7 Å². The zero-order valence-electron chi connectivity index (χ0n) is 11.0. The molecule has 1 unspecified atom stereocenters. The van der Waals surface area contributed by atoms with Gasteiger partial charge in [0, 0.05) is 6.42 Å². The third kappa shape index (κ3) is 7.84. The Balaban J connectivity index is -0.000000980. The molecule has 0 N–H and O–H groups in total. The average Bonchev–Trinajstić information content (AvgIpc) is 2.19. The Labute approximate surface area is 119 Å². The SMILES string of the molecule is CCOC(=O)CCC(C=O)C(=O)OCC.[H-].[Na+]. The van der Waals surface area contributed by atoms with Crippen molar-refractivity contribution in [1.82, 2.24) is 0 Å². The number of carbonyl (C=O) groups is 3. The second-order valence-electron chi connectivity index (χ2n) is 2.84. The van der Waals surface area contributed by atoms with Gasteiger partial charge in [-0.1, -0.05) is 0 Å². The third-order valence-corrected chi connectivity index (χ3v) is 1.72. The van der Waals surface area contributed by atoms with Crippen molar-refractivity contribution in [3.8, 4) is 0 Å². The van der Waals surface area contributed by atoms with Gasteiger partial charge < -0.3 is 15.7 Å². The molecule has 0 fully saturated rings. The minimum absolute atomic E-state index is 0. The normalized spacial score (nSPS) is 10.9. The first kappa shape index (κ1) is 18.0. The minimum Gasteiger partial charge on any atom is -1.00 e. The van der Waals surface area contributed by atoms with Crippen LogP contribution in [0.4, 0.5) is 0 Å². The van der Waals surface area contributed by atoms with Crippen LogP contribution in [0.15, 0.2) is 0 Å². The quantitative estimate of drug-likeness (QED) is 0.219. The van der Waals surface area contributed by atoms with Crippen LogP contribution in [0.1, 0.15) is 28.1 Å². The van der Waals surface area contributed by atoms with Gasteiger partial charge >= 0.3 is 41.5 Å². The maximum atomic E-state index is 11.1. The number of rotatable bonds is 7. The summed E-state index contributed by atoms with van der Waals surface area (Å²) in [6, 6.07) is 0. The molecule has 16 heavy (non-hydrogen) atoms. The van der Waals surface area contributed by atoms with E-state index in [4.69, 9.17) is 0 Å². The van der Waals surface area contributed by atoms with Crippen molar-refractivity contribution >= 4 is 18.2 Å². The van der Waals surface area contributed by atoms with Crippen LogP contribution in [0.2, 0.25) is 0 Å². The van der Waals surface area contributed by atoms with Gasteiger partial charge in [-0.15, -0.1) is 0 Å². The van der Waals surface area contributed by atoms with Crippen LogP contribution >= 0.6 is 0 Å². The fourth-order valence-corrected chi connectivity index (χ4v) is 0.997. The van der Waals surface area contributed by atoms with Crippen LogP contribution in [0, 0.1) is 5.92 Å². The standard InChI is InChI=1S/C10H16O5.Na.H/c1-3-14-9(12)6-5-8(7-11)10(13)15-4-2;;/h7-8H,3-6H2,1-2H3;;/q;+1;-1. The molecule has 0 saturated carbocycles. The van der Waals surface area contributed by atoms with Gasteiger partial charge in [-0.2, -0.15) is 0 Å². The van der Waals surface area contributed by atoms with E-state index in [2.05, 4.69) is 9.47 Å². The van der Waals surface area contributed by atoms with Crippen LogP contribution in [-0.4, -0.2) is 31.4 Å². The Morgan fingerprint density at radius 3 is 2.25 bits per heavy atom. The fraction of sp³-hybridized carbons (Fsp3) is 0.700. The largest absolute Gasteiger partial charge is 1.00 e.